The van der Waals surface area contributed by atoms with Crippen LogP contribution in [0.15, 0.2) is 18.2 Å². The third-order valence-electron chi connectivity index (χ3n) is 3.52. The molecule has 1 unspecified atom stereocenters. The quantitative estimate of drug-likeness (QED) is 0.917. The van der Waals surface area contributed by atoms with Crippen LogP contribution in [0.1, 0.15) is 16.8 Å². The van der Waals surface area contributed by atoms with Gasteiger partial charge < -0.3 is 19.7 Å². The minimum atomic E-state index is -0.00602. The molecule has 1 aromatic rings. The predicted molar refractivity (Wildman–Crippen MR) is 80.2 cm³/mol. The summed E-state index contributed by atoms with van der Waals surface area (Å²) in [5.74, 6) is 1.24. The summed E-state index contributed by atoms with van der Waals surface area (Å²) < 4.78 is 10.4. The monoisotopic (exact) mass is 300 g/mol. The maximum absolute atomic E-state index is 12.5. The summed E-state index contributed by atoms with van der Waals surface area (Å²) in [6.45, 7) is 1.50. The van der Waals surface area contributed by atoms with Crippen molar-refractivity contribution in [1.82, 2.24) is 10.2 Å². The molecule has 1 fully saturated rings. The molecule has 0 bridgehead atoms. The van der Waals surface area contributed by atoms with Crippen molar-refractivity contribution >= 4 is 18.3 Å². The Bertz CT molecular complexity index is 468. The zero-order chi connectivity index (χ0) is 13.8. The number of amides is 1. The van der Waals surface area contributed by atoms with Crippen molar-refractivity contribution in [2.45, 2.75) is 12.5 Å². The molecule has 0 aromatic heterocycles. The van der Waals surface area contributed by atoms with Gasteiger partial charge >= 0.3 is 0 Å². The molecule has 1 amide bonds. The molecule has 1 atom stereocenters. The number of nitrogens with one attached hydrogen (secondary N) is 1. The number of methoxy groups -OCH3 is 2. The number of hydrogen-bond donors (Lipinski definition) is 1. The van der Waals surface area contributed by atoms with Crippen LogP contribution in [0.4, 0.5) is 0 Å². The van der Waals surface area contributed by atoms with Crippen molar-refractivity contribution in [3.05, 3.63) is 23.8 Å². The Kier molecular flexibility index (Phi) is 6.10. The number of carbonyl (C=O) groups excluding carboxylic acids is 1. The van der Waals surface area contributed by atoms with Crippen molar-refractivity contribution in [2.24, 2.45) is 0 Å². The van der Waals surface area contributed by atoms with Crippen LogP contribution >= 0.6 is 12.4 Å². The van der Waals surface area contributed by atoms with E-state index in [-0.39, 0.29) is 18.3 Å². The van der Waals surface area contributed by atoms with E-state index in [2.05, 4.69) is 5.32 Å². The van der Waals surface area contributed by atoms with E-state index >= 15 is 0 Å². The molecular formula is C14H21ClN2O3. The van der Waals surface area contributed by atoms with E-state index in [0.717, 1.165) is 19.5 Å². The van der Waals surface area contributed by atoms with Crippen LogP contribution in [0.2, 0.25) is 0 Å². The van der Waals surface area contributed by atoms with Crippen LogP contribution in [0.3, 0.4) is 0 Å². The number of carbonyl (C=O) groups is 1. The van der Waals surface area contributed by atoms with Crippen molar-refractivity contribution in [1.29, 1.82) is 0 Å². The number of hydrogen-bond acceptors (Lipinski definition) is 4. The second kappa shape index (κ2) is 7.36. The van der Waals surface area contributed by atoms with E-state index in [1.807, 2.05) is 11.9 Å². The van der Waals surface area contributed by atoms with E-state index in [0.29, 0.717) is 23.1 Å². The molecule has 1 aromatic carbocycles. The molecule has 0 spiro atoms. The average Bonchev–Trinajstić information content (AvgIpc) is 2.94. The highest BCUT2D eigenvalue weighted by Gasteiger charge is 2.27. The van der Waals surface area contributed by atoms with Gasteiger partial charge in [0.2, 0.25) is 0 Å². The number of nitrogens with zero attached hydrogens (tertiary/aromatic N) is 1. The highest BCUT2D eigenvalue weighted by Crippen LogP contribution is 2.26. The number of rotatable bonds is 4. The summed E-state index contributed by atoms with van der Waals surface area (Å²) in [5.41, 5.74) is 0.554. The van der Waals surface area contributed by atoms with Crippen molar-refractivity contribution in [2.75, 3.05) is 34.4 Å². The molecule has 1 heterocycles. The molecule has 1 aliphatic heterocycles. The van der Waals surface area contributed by atoms with Gasteiger partial charge in [0.15, 0.2) is 0 Å². The van der Waals surface area contributed by atoms with E-state index in [1.165, 1.54) is 0 Å². The van der Waals surface area contributed by atoms with Gasteiger partial charge in [0.25, 0.3) is 5.91 Å². The van der Waals surface area contributed by atoms with Gasteiger partial charge in [-0.05, 0) is 31.7 Å². The fourth-order valence-electron chi connectivity index (χ4n) is 2.33. The van der Waals surface area contributed by atoms with Gasteiger partial charge in [-0.1, -0.05) is 0 Å². The Morgan fingerprint density at radius 1 is 1.35 bits per heavy atom. The summed E-state index contributed by atoms with van der Waals surface area (Å²) in [6, 6.07) is 5.65. The van der Waals surface area contributed by atoms with Crippen LogP contribution < -0.4 is 14.8 Å². The lowest BCUT2D eigenvalue weighted by atomic mass is 10.1. The molecular weight excluding hydrogens is 280 g/mol. The van der Waals surface area contributed by atoms with Crippen LogP contribution in [0.5, 0.6) is 11.5 Å². The third kappa shape index (κ3) is 3.35. The first kappa shape index (κ1) is 16.6. The Balaban J connectivity index is 0.00000200. The molecule has 2 rings (SSSR count). The van der Waals surface area contributed by atoms with Crippen molar-refractivity contribution in [3.8, 4) is 11.5 Å². The number of ether oxygens (including phenoxy) is 2. The first-order valence-electron chi connectivity index (χ1n) is 6.38. The molecule has 0 aliphatic carbocycles. The van der Waals surface area contributed by atoms with Gasteiger partial charge in [-0.3, -0.25) is 4.79 Å². The zero-order valence-corrected chi connectivity index (χ0v) is 12.8. The smallest absolute Gasteiger partial charge is 0.257 e. The first-order chi connectivity index (χ1) is 9.19. The van der Waals surface area contributed by atoms with Gasteiger partial charge in [0.05, 0.1) is 19.8 Å². The largest absolute Gasteiger partial charge is 0.497 e. The third-order valence-corrected chi connectivity index (χ3v) is 3.52. The summed E-state index contributed by atoms with van der Waals surface area (Å²) in [6.07, 6.45) is 0.981. The standard InChI is InChI=1S/C14H20N2O3.ClH/c1-15-10-6-7-16(9-10)14(17)12-8-11(18-2)4-5-13(12)19-3;/h4-5,8,10,15H,6-7,9H2,1-3H3;1H. The van der Waals surface area contributed by atoms with Crippen LogP contribution in [-0.4, -0.2) is 51.2 Å². The maximum Gasteiger partial charge on any atom is 0.257 e. The highest BCUT2D eigenvalue weighted by atomic mass is 35.5. The van der Waals surface area contributed by atoms with Crippen LogP contribution in [-0.2, 0) is 0 Å². The topological polar surface area (TPSA) is 50.8 Å². The fraction of sp³-hybridized carbons (Fsp3) is 0.500. The second-order valence-electron chi connectivity index (χ2n) is 4.59. The molecule has 1 aliphatic rings. The molecule has 112 valence electrons. The Morgan fingerprint density at radius 2 is 2.10 bits per heavy atom. The Labute approximate surface area is 125 Å². The normalized spacial score (nSPS) is 17.6. The lowest BCUT2D eigenvalue weighted by Gasteiger charge is -2.18. The molecule has 20 heavy (non-hydrogen) atoms. The lowest BCUT2D eigenvalue weighted by molar-refractivity contribution is 0.0786. The number of halogens is 1. The van der Waals surface area contributed by atoms with Gasteiger partial charge in [-0.25, -0.2) is 0 Å². The predicted octanol–water partition coefficient (Wildman–Crippen LogP) is 1.56. The first-order valence-corrected chi connectivity index (χ1v) is 6.38. The molecule has 1 saturated heterocycles. The van der Waals surface area contributed by atoms with Gasteiger partial charge in [0.1, 0.15) is 11.5 Å². The minimum absolute atomic E-state index is 0. The van der Waals surface area contributed by atoms with Crippen molar-refractivity contribution < 1.29 is 14.3 Å². The molecule has 5 nitrogen and oxygen atoms in total. The maximum atomic E-state index is 12.5. The Hall–Kier alpha value is -1.46. The number of likely N-dealkylation sites (tertiary alicyclic amines) is 1. The van der Waals surface area contributed by atoms with Gasteiger partial charge in [-0.2, -0.15) is 0 Å². The van der Waals surface area contributed by atoms with E-state index in [9.17, 15) is 4.79 Å². The van der Waals surface area contributed by atoms with E-state index in [4.69, 9.17) is 9.47 Å². The van der Waals surface area contributed by atoms with E-state index < -0.39 is 0 Å². The van der Waals surface area contributed by atoms with Gasteiger partial charge in [-0.15, -0.1) is 12.4 Å². The number of likely N-dealkylation sites (N-methyl/N-ethyl adjacent to an activating group) is 1. The molecule has 0 saturated carbocycles. The van der Waals surface area contributed by atoms with E-state index in [1.54, 1.807) is 32.4 Å². The number of benzene rings is 1. The van der Waals surface area contributed by atoms with Crippen LogP contribution in [0.25, 0.3) is 0 Å². The summed E-state index contributed by atoms with van der Waals surface area (Å²) in [7, 11) is 5.08. The fourth-order valence-corrected chi connectivity index (χ4v) is 2.33. The lowest BCUT2D eigenvalue weighted by Crippen LogP contribution is -2.33. The average molecular weight is 301 g/mol. The van der Waals surface area contributed by atoms with Crippen LogP contribution in [0, 0.1) is 0 Å². The Morgan fingerprint density at radius 3 is 2.65 bits per heavy atom. The minimum Gasteiger partial charge on any atom is -0.497 e. The summed E-state index contributed by atoms with van der Waals surface area (Å²) in [5, 5.41) is 3.20. The zero-order valence-electron chi connectivity index (χ0n) is 12.0. The molecule has 1 N–H and O–H groups in total. The SMILES string of the molecule is CNC1CCN(C(=O)c2cc(OC)ccc2OC)C1.Cl. The second-order valence-corrected chi connectivity index (χ2v) is 4.59. The summed E-state index contributed by atoms with van der Waals surface area (Å²) in [4.78, 5) is 14.4. The van der Waals surface area contributed by atoms with Crippen molar-refractivity contribution in [3.63, 3.8) is 0 Å². The summed E-state index contributed by atoms with van der Waals surface area (Å²) >= 11 is 0. The molecule has 0 radical (unpaired) electrons. The van der Waals surface area contributed by atoms with Gasteiger partial charge in [0, 0.05) is 19.1 Å². The highest BCUT2D eigenvalue weighted by molar-refractivity contribution is 5.97. The molecule has 6 heteroatoms.